The molecule has 5 nitrogen and oxygen atoms in total. The molecule has 0 aromatic heterocycles. The van der Waals surface area contributed by atoms with Crippen LogP contribution in [-0.4, -0.2) is 52.7 Å². The van der Waals surface area contributed by atoms with Gasteiger partial charge >= 0.3 is 5.97 Å². The zero-order valence-corrected chi connectivity index (χ0v) is 10.3. The van der Waals surface area contributed by atoms with Crippen molar-refractivity contribution in [3.63, 3.8) is 0 Å². The standard InChI is InChI=1S/C13H18N2O3/c1-2-5-12-14-7-10-15(12,9-4-11-16)8-3-6-13(17)18/h2-4,6,11H,1,5,7-10H2,(H-,16,17,18)/p+1. The van der Waals surface area contributed by atoms with Gasteiger partial charge in [-0.1, -0.05) is 6.08 Å². The fraction of sp³-hybridized carbons (Fsp3) is 0.385. The van der Waals surface area contributed by atoms with Crippen molar-refractivity contribution in [1.82, 2.24) is 0 Å². The molecule has 1 unspecified atom stereocenters. The third-order valence-electron chi connectivity index (χ3n) is 2.97. The van der Waals surface area contributed by atoms with Crippen LogP contribution in [0.4, 0.5) is 0 Å². The summed E-state index contributed by atoms with van der Waals surface area (Å²) in [5.41, 5.74) is 0. The van der Waals surface area contributed by atoms with Crippen LogP contribution in [0.25, 0.3) is 0 Å². The van der Waals surface area contributed by atoms with E-state index in [2.05, 4.69) is 11.6 Å². The first kappa shape index (κ1) is 14.2. The van der Waals surface area contributed by atoms with Crippen LogP contribution >= 0.6 is 0 Å². The number of hydrogen-bond acceptors (Lipinski definition) is 3. The van der Waals surface area contributed by atoms with Gasteiger partial charge in [0.05, 0.1) is 19.2 Å². The van der Waals surface area contributed by atoms with Crippen LogP contribution in [0.15, 0.2) is 42.1 Å². The van der Waals surface area contributed by atoms with Gasteiger partial charge in [0.25, 0.3) is 0 Å². The highest BCUT2D eigenvalue weighted by Crippen LogP contribution is 2.18. The summed E-state index contributed by atoms with van der Waals surface area (Å²) < 4.78 is 0.562. The molecule has 0 aliphatic carbocycles. The number of aliphatic hydroxyl groups excluding tert-OH is 1. The van der Waals surface area contributed by atoms with E-state index in [4.69, 9.17) is 10.2 Å². The van der Waals surface area contributed by atoms with Gasteiger partial charge in [0, 0.05) is 12.2 Å². The Bertz CT molecular complexity index is 399. The largest absolute Gasteiger partial charge is 0.516 e. The predicted molar refractivity (Wildman–Crippen MR) is 70.5 cm³/mol. The van der Waals surface area contributed by atoms with E-state index in [0.29, 0.717) is 24.0 Å². The minimum atomic E-state index is -0.952. The Hall–Kier alpha value is -1.88. The third kappa shape index (κ3) is 3.56. The van der Waals surface area contributed by atoms with Crippen molar-refractivity contribution >= 4 is 11.8 Å². The Morgan fingerprint density at radius 2 is 2.17 bits per heavy atom. The Balaban J connectivity index is 2.84. The van der Waals surface area contributed by atoms with Crippen LogP contribution in [0.5, 0.6) is 0 Å². The van der Waals surface area contributed by atoms with Crippen LogP contribution in [0.3, 0.4) is 0 Å². The fourth-order valence-electron chi connectivity index (χ4n) is 2.11. The lowest BCUT2D eigenvalue weighted by Gasteiger charge is -2.32. The second kappa shape index (κ2) is 6.76. The highest BCUT2D eigenvalue weighted by molar-refractivity contribution is 5.80. The molecule has 0 fully saturated rings. The quantitative estimate of drug-likeness (QED) is 0.312. The number of nitrogens with zero attached hydrogens (tertiary/aromatic N) is 2. The van der Waals surface area contributed by atoms with Crippen molar-refractivity contribution in [3.05, 3.63) is 37.1 Å². The maximum absolute atomic E-state index is 10.5. The maximum Gasteiger partial charge on any atom is 0.328 e. The second-order valence-electron chi connectivity index (χ2n) is 4.15. The molecule has 98 valence electrons. The topological polar surface area (TPSA) is 69.9 Å². The van der Waals surface area contributed by atoms with Gasteiger partial charge in [0.1, 0.15) is 19.6 Å². The van der Waals surface area contributed by atoms with Crippen molar-refractivity contribution in [3.8, 4) is 0 Å². The van der Waals surface area contributed by atoms with E-state index in [1.807, 2.05) is 0 Å². The molecular formula is C13H19N2O3+. The maximum atomic E-state index is 10.5. The molecule has 1 atom stereocenters. The van der Waals surface area contributed by atoms with Crippen LogP contribution in [-0.2, 0) is 4.79 Å². The normalized spacial score (nSPS) is 23.7. The highest BCUT2D eigenvalue weighted by Gasteiger charge is 2.35. The van der Waals surface area contributed by atoms with Crippen molar-refractivity contribution in [2.24, 2.45) is 4.99 Å². The summed E-state index contributed by atoms with van der Waals surface area (Å²) in [5, 5.41) is 17.4. The van der Waals surface area contributed by atoms with Gasteiger partial charge in [-0.25, -0.2) is 9.79 Å². The van der Waals surface area contributed by atoms with E-state index in [-0.39, 0.29) is 0 Å². The SMILES string of the molecule is C=CCC1=NCC[N+]1(CC=CO)CC=CC(=O)O. The summed E-state index contributed by atoms with van der Waals surface area (Å²) >= 11 is 0. The van der Waals surface area contributed by atoms with Gasteiger partial charge in [-0.05, 0) is 6.08 Å². The van der Waals surface area contributed by atoms with E-state index >= 15 is 0 Å². The molecule has 0 aromatic rings. The predicted octanol–water partition coefficient (Wildman–Crippen LogP) is 1.50. The summed E-state index contributed by atoms with van der Waals surface area (Å²) in [6.07, 6.45) is 7.94. The minimum Gasteiger partial charge on any atom is -0.516 e. The van der Waals surface area contributed by atoms with Crippen molar-refractivity contribution in [2.75, 3.05) is 26.2 Å². The zero-order chi connectivity index (χ0) is 13.4. The molecule has 0 amide bonds. The van der Waals surface area contributed by atoms with Gasteiger partial charge in [0.2, 0.25) is 5.84 Å². The Morgan fingerprint density at radius 1 is 1.44 bits per heavy atom. The summed E-state index contributed by atoms with van der Waals surface area (Å²) in [6, 6.07) is 0. The van der Waals surface area contributed by atoms with Crippen LogP contribution < -0.4 is 0 Å². The van der Waals surface area contributed by atoms with Gasteiger partial charge in [-0.15, -0.1) is 6.58 Å². The summed E-state index contributed by atoms with van der Waals surface area (Å²) in [5.74, 6) is 0.0328. The van der Waals surface area contributed by atoms with Gasteiger partial charge in [-0.2, -0.15) is 0 Å². The number of aliphatic imine (C=N–C) groups is 1. The highest BCUT2D eigenvalue weighted by atomic mass is 16.4. The molecule has 5 heteroatoms. The third-order valence-corrected chi connectivity index (χ3v) is 2.97. The lowest BCUT2D eigenvalue weighted by Crippen LogP contribution is -2.51. The van der Waals surface area contributed by atoms with Crippen molar-refractivity contribution in [2.45, 2.75) is 6.42 Å². The van der Waals surface area contributed by atoms with Crippen molar-refractivity contribution in [1.29, 1.82) is 0 Å². The number of carboxylic acid groups (broad SMARTS) is 1. The van der Waals surface area contributed by atoms with E-state index < -0.39 is 5.97 Å². The number of hydrogen-bond donors (Lipinski definition) is 2. The molecule has 1 aliphatic heterocycles. The van der Waals surface area contributed by atoms with Crippen LogP contribution in [0, 0.1) is 0 Å². The first-order chi connectivity index (χ1) is 8.64. The zero-order valence-electron chi connectivity index (χ0n) is 10.3. The molecule has 0 aromatic carbocycles. The molecule has 0 bridgehead atoms. The molecule has 2 N–H and O–H groups in total. The molecule has 0 spiro atoms. The van der Waals surface area contributed by atoms with E-state index in [1.54, 1.807) is 18.2 Å². The molecule has 1 rings (SSSR count). The number of aliphatic hydroxyl groups is 1. The number of amidine groups is 1. The molecular weight excluding hydrogens is 232 g/mol. The lowest BCUT2D eigenvalue weighted by molar-refractivity contribution is -0.823. The van der Waals surface area contributed by atoms with Gasteiger partial charge < -0.3 is 10.2 Å². The van der Waals surface area contributed by atoms with Crippen LogP contribution in [0.1, 0.15) is 6.42 Å². The first-order valence-electron chi connectivity index (χ1n) is 5.84. The molecule has 18 heavy (non-hydrogen) atoms. The fourth-order valence-corrected chi connectivity index (χ4v) is 2.11. The summed E-state index contributed by atoms with van der Waals surface area (Å²) in [7, 11) is 0. The molecule has 0 radical (unpaired) electrons. The Morgan fingerprint density at radius 3 is 2.78 bits per heavy atom. The Labute approximate surface area is 107 Å². The Kier molecular flexibility index (Phi) is 5.32. The van der Waals surface area contributed by atoms with E-state index in [0.717, 1.165) is 31.3 Å². The van der Waals surface area contributed by atoms with Crippen molar-refractivity contribution < 1.29 is 19.5 Å². The smallest absolute Gasteiger partial charge is 0.328 e. The average Bonchev–Trinajstić information content (AvgIpc) is 2.71. The molecule has 0 saturated heterocycles. The molecule has 0 saturated carbocycles. The van der Waals surface area contributed by atoms with Gasteiger partial charge in [-0.3, -0.25) is 4.48 Å². The minimum absolute atomic E-state index is 0.559. The van der Waals surface area contributed by atoms with E-state index in [9.17, 15) is 4.79 Å². The average molecular weight is 251 g/mol. The number of aliphatic carboxylic acids is 1. The lowest BCUT2D eigenvalue weighted by atomic mass is 10.2. The molecule has 1 heterocycles. The number of carbonyl (C=O) groups is 1. The second-order valence-corrected chi connectivity index (χ2v) is 4.15. The first-order valence-corrected chi connectivity index (χ1v) is 5.84. The number of rotatable bonds is 7. The summed E-state index contributed by atoms with van der Waals surface area (Å²) in [4.78, 5) is 15.0. The number of quaternary nitrogens is 1. The monoisotopic (exact) mass is 251 g/mol. The van der Waals surface area contributed by atoms with E-state index in [1.165, 1.54) is 0 Å². The molecule has 1 aliphatic rings. The summed E-state index contributed by atoms with van der Waals surface area (Å²) in [6.45, 7) is 6.41. The van der Waals surface area contributed by atoms with Gasteiger partial charge in [0.15, 0.2) is 0 Å². The number of carboxylic acids is 1. The van der Waals surface area contributed by atoms with Crippen LogP contribution in [0.2, 0.25) is 0 Å².